The number of hydrogen-bond donors (Lipinski definition) is 0. The summed E-state index contributed by atoms with van der Waals surface area (Å²) in [6.45, 7) is 3.67. The summed E-state index contributed by atoms with van der Waals surface area (Å²) in [7, 11) is 0. The fraction of sp³-hybridized carbons (Fsp3) is 0.667. The summed E-state index contributed by atoms with van der Waals surface area (Å²) in [6.07, 6.45) is 0. The van der Waals surface area contributed by atoms with Gasteiger partial charge in [-0.2, -0.15) is 5.26 Å². The van der Waals surface area contributed by atoms with E-state index >= 15 is 0 Å². The molecule has 0 rings (SSSR count). The Labute approximate surface area is 59.2 Å². The van der Waals surface area contributed by atoms with Crippen LogP contribution in [0.15, 0.2) is 0 Å². The third-order valence-electron chi connectivity index (χ3n) is 0.923. The minimum atomic E-state index is 0.0610. The van der Waals surface area contributed by atoms with Gasteiger partial charge in [0.05, 0.1) is 5.75 Å². The van der Waals surface area contributed by atoms with Crippen molar-refractivity contribution in [3.63, 3.8) is 0 Å². The van der Waals surface area contributed by atoms with Gasteiger partial charge in [-0.25, -0.2) is 0 Å². The highest BCUT2D eigenvalue weighted by atomic mass is 32.2. The zero-order chi connectivity index (χ0) is 7.28. The highest BCUT2D eigenvalue weighted by molar-refractivity contribution is 8.04. The molecule has 0 aromatic carbocycles. The lowest BCUT2D eigenvalue weighted by Crippen LogP contribution is -2.08. The van der Waals surface area contributed by atoms with Gasteiger partial charge in [-0.1, -0.05) is 13.8 Å². The molecule has 0 fully saturated rings. The molecule has 0 saturated carbocycles. The van der Waals surface area contributed by atoms with E-state index < -0.39 is 0 Å². The van der Waals surface area contributed by atoms with Gasteiger partial charge in [0.2, 0.25) is 0 Å². The fourth-order valence-electron chi connectivity index (χ4n) is 0.270. The highest BCUT2D eigenvalue weighted by Crippen LogP contribution is 2.02. The van der Waals surface area contributed by atoms with Gasteiger partial charge in [-0.15, -0.1) is 0 Å². The largest absolute Gasteiger partial charge is 0.298 e. The Morgan fingerprint density at radius 2 is 2.33 bits per heavy atom. The monoisotopic (exact) mass is 143 g/mol. The molecule has 0 amide bonds. The molecule has 0 aliphatic heterocycles. The molecule has 50 valence electrons. The highest BCUT2D eigenvalue weighted by Gasteiger charge is 2.05. The maximum absolute atomic E-state index is 10.7. The van der Waals surface area contributed by atoms with Crippen LogP contribution in [0.3, 0.4) is 0 Å². The van der Waals surface area contributed by atoms with Gasteiger partial charge in [-0.3, -0.25) is 4.79 Å². The topological polar surface area (TPSA) is 40.9 Å². The lowest BCUT2D eigenvalue weighted by atomic mass is 10.1. The van der Waals surface area contributed by atoms with E-state index in [0.717, 1.165) is 11.8 Å². The molecule has 0 atom stereocenters. The molecular formula is C6H9NOS. The second-order valence-corrected chi connectivity index (χ2v) is 2.76. The Bertz CT molecular complexity index is 136. The minimum absolute atomic E-state index is 0.0610. The summed E-state index contributed by atoms with van der Waals surface area (Å²) in [5, 5.41) is 9.91. The molecule has 0 aromatic heterocycles. The Hall–Kier alpha value is -0.490. The van der Waals surface area contributed by atoms with Crippen LogP contribution in [0, 0.1) is 16.6 Å². The van der Waals surface area contributed by atoms with E-state index in [1.165, 1.54) is 0 Å². The van der Waals surface area contributed by atoms with Crippen molar-refractivity contribution in [3.8, 4) is 5.40 Å². The molecular weight excluding hydrogens is 134 g/mol. The van der Waals surface area contributed by atoms with Crippen molar-refractivity contribution >= 4 is 17.5 Å². The zero-order valence-corrected chi connectivity index (χ0v) is 6.36. The molecule has 0 aromatic rings. The summed E-state index contributed by atoms with van der Waals surface area (Å²) < 4.78 is 0. The van der Waals surface area contributed by atoms with Crippen LogP contribution in [0.1, 0.15) is 13.8 Å². The van der Waals surface area contributed by atoms with Gasteiger partial charge in [0.1, 0.15) is 11.2 Å². The number of Topliss-reactive ketones (excluding diaryl/α,β-unsaturated/α-hetero) is 1. The minimum Gasteiger partial charge on any atom is -0.298 e. The van der Waals surface area contributed by atoms with Crippen molar-refractivity contribution in [3.05, 3.63) is 0 Å². The number of nitriles is 1. The Kier molecular flexibility index (Phi) is 4.16. The summed E-state index contributed by atoms with van der Waals surface area (Å²) >= 11 is 1.00. The Balaban J connectivity index is 3.42. The smallest absolute Gasteiger partial charge is 0.146 e. The first-order valence-corrected chi connectivity index (χ1v) is 3.70. The van der Waals surface area contributed by atoms with Crippen molar-refractivity contribution in [2.45, 2.75) is 13.8 Å². The molecule has 0 bridgehead atoms. The average molecular weight is 143 g/mol. The molecule has 0 radical (unpaired) electrons. The van der Waals surface area contributed by atoms with Crippen molar-refractivity contribution in [1.29, 1.82) is 5.26 Å². The second kappa shape index (κ2) is 4.39. The van der Waals surface area contributed by atoms with Crippen LogP contribution in [0.5, 0.6) is 0 Å². The summed E-state index contributed by atoms with van der Waals surface area (Å²) in [4.78, 5) is 10.7. The average Bonchev–Trinajstić information content (AvgIpc) is 1.82. The standard InChI is InChI=1S/C6H9NOS/c1-5(2)6(8)3-9-4-7/h5H,3H2,1-2H3. The van der Waals surface area contributed by atoms with Gasteiger partial charge < -0.3 is 0 Å². The number of ketones is 1. The van der Waals surface area contributed by atoms with Gasteiger partial charge >= 0.3 is 0 Å². The molecule has 0 aliphatic rings. The molecule has 2 nitrogen and oxygen atoms in total. The van der Waals surface area contributed by atoms with E-state index in [1.807, 2.05) is 19.2 Å². The first-order chi connectivity index (χ1) is 4.18. The van der Waals surface area contributed by atoms with Crippen LogP contribution in [0.2, 0.25) is 0 Å². The summed E-state index contributed by atoms with van der Waals surface area (Å²) in [5.74, 6) is 0.529. The number of thioether (sulfide) groups is 1. The van der Waals surface area contributed by atoms with Gasteiger partial charge in [0, 0.05) is 5.92 Å². The quantitative estimate of drug-likeness (QED) is 0.561. The summed E-state index contributed by atoms with van der Waals surface area (Å²) in [5.41, 5.74) is 0. The zero-order valence-electron chi connectivity index (χ0n) is 5.55. The normalized spacial score (nSPS) is 9.11. The number of rotatable bonds is 3. The number of carbonyl (C=O) groups is 1. The lowest BCUT2D eigenvalue weighted by molar-refractivity contribution is -0.119. The Morgan fingerprint density at radius 3 is 2.67 bits per heavy atom. The number of nitrogens with zero attached hydrogens (tertiary/aromatic N) is 1. The van der Waals surface area contributed by atoms with Gasteiger partial charge in [0.25, 0.3) is 0 Å². The third-order valence-corrected chi connectivity index (χ3v) is 1.48. The molecule has 0 saturated heterocycles. The molecule has 9 heavy (non-hydrogen) atoms. The first kappa shape index (κ1) is 8.51. The first-order valence-electron chi connectivity index (χ1n) is 2.72. The molecule has 0 aliphatic carbocycles. The third kappa shape index (κ3) is 4.04. The van der Waals surface area contributed by atoms with Crippen LogP contribution >= 0.6 is 11.8 Å². The van der Waals surface area contributed by atoms with Crippen molar-refractivity contribution < 1.29 is 4.79 Å². The van der Waals surface area contributed by atoms with Crippen molar-refractivity contribution in [2.75, 3.05) is 5.75 Å². The molecule has 0 unspecified atom stereocenters. The SMILES string of the molecule is CC(C)C(=O)CSC#N. The van der Waals surface area contributed by atoms with E-state index in [9.17, 15) is 4.79 Å². The van der Waals surface area contributed by atoms with Crippen LogP contribution in [0.25, 0.3) is 0 Å². The lowest BCUT2D eigenvalue weighted by Gasteiger charge is -1.97. The number of carbonyl (C=O) groups excluding carboxylic acids is 1. The van der Waals surface area contributed by atoms with Gasteiger partial charge in [0.15, 0.2) is 0 Å². The van der Waals surface area contributed by atoms with Crippen LogP contribution < -0.4 is 0 Å². The second-order valence-electron chi connectivity index (χ2n) is 2.00. The van der Waals surface area contributed by atoms with E-state index in [-0.39, 0.29) is 11.7 Å². The van der Waals surface area contributed by atoms with Crippen molar-refractivity contribution in [1.82, 2.24) is 0 Å². The fourth-order valence-corrected chi connectivity index (χ4v) is 0.810. The molecule has 3 heteroatoms. The van der Waals surface area contributed by atoms with Gasteiger partial charge in [-0.05, 0) is 11.8 Å². The number of thiocyanates is 1. The van der Waals surface area contributed by atoms with Crippen molar-refractivity contribution in [2.24, 2.45) is 5.92 Å². The maximum atomic E-state index is 10.7. The molecule has 0 N–H and O–H groups in total. The van der Waals surface area contributed by atoms with E-state index in [2.05, 4.69) is 0 Å². The number of hydrogen-bond acceptors (Lipinski definition) is 3. The van der Waals surface area contributed by atoms with Crippen LogP contribution in [-0.4, -0.2) is 11.5 Å². The van der Waals surface area contributed by atoms with Crippen LogP contribution in [-0.2, 0) is 4.79 Å². The summed E-state index contributed by atoms with van der Waals surface area (Å²) in [6, 6.07) is 0. The van der Waals surface area contributed by atoms with E-state index in [1.54, 1.807) is 0 Å². The predicted octanol–water partition coefficient (Wildman–Crippen LogP) is 1.43. The molecule has 0 heterocycles. The maximum Gasteiger partial charge on any atom is 0.146 e. The Morgan fingerprint density at radius 1 is 1.78 bits per heavy atom. The van der Waals surface area contributed by atoms with Crippen LogP contribution in [0.4, 0.5) is 0 Å². The predicted molar refractivity (Wildman–Crippen MR) is 37.9 cm³/mol. The molecule has 0 spiro atoms. The van der Waals surface area contributed by atoms with E-state index in [0.29, 0.717) is 5.75 Å². The van der Waals surface area contributed by atoms with E-state index in [4.69, 9.17) is 5.26 Å².